The van der Waals surface area contributed by atoms with E-state index in [1.54, 1.807) is 11.8 Å². The molecule has 6 rings (SSSR count). The second kappa shape index (κ2) is 11.1. The summed E-state index contributed by atoms with van der Waals surface area (Å²) in [7, 11) is 1.65. The molecule has 1 saturated heterocycles. The number of benzene rings is 2. The maximum absolute atomic E-state index is 13.2. The third kappa shape index (κ3) is 5.24. The Hall–Kier alpha value is -4.55. The minimum absolute atomic E-state index is 0.0739. The number of hydrogen-bond acceptors (Lipinski definition) is 10. The van der Waals surface area contributed by atoms with Crippen LogP contribution in [0.3, 0.4) is 0 Å². The van der Waals surface area contributed by atoms with Gasteiger partial charge in [0.2, 0.25) is 6.17 Å². The van der Waals surface area contributed by atoms with Crippen molar-refractivity contribution in [2.45, 2.75) is 12.7 Å². The zero-order valence-electron chi connectivity index (χ0n) is 21.4. The van der Waals surface area contributed by atoms with Gasteiger partial charge in [0.05, 0.1) is 37.8 Å². The summed E-state index contributed by atoms with van der Waals surface area (Å²) in [5, 5.41) is 19.1. The van der Waals surface area contributed by atoms with Gasteiger partial charge in [-0.15, -0.1) is 5.10 Å². The first-order valence-electron chi connectivity index (χ1n) is 12.7. The zero-order chi connectivity index (χ0) is 26.6. The standard InChI is InChI=1S/C27H28N8O4/c1-37-14-13-35-17-20(24(33-35)34-11-15-38-16-12-34)26-31-32-27(39-26)30-23-25(36)28-21-10-6-5-9-19(21)22(29-23)18-7-3-2-4-8-18/h2-10,17,23H,11-16H2,1H3,(H,28,36)(H,30,32). The molecule has 1 fully saturated rings. The molecule has 200 valence electrons. The van der Waals surface area contributed by atoms with Crippen molar-refractivity contribution in [3.05, 3.63) is 71.9 Å². The van der Waals surface area contributed by atoms with E-state index in [2.05, 4.69) is 25.7 Å². The lowest BCUT2D eigenvalue weighted by Gasteiger charge is -2.27. The number of nitrogens with one attached hydrogen (secondary N) is 2. The molecule has 1 unspecified atom stereocenters. The lowest BCUT2D eigenvalue weighted by atomic mass is 10.0. The van der Waals surface area contributed by atoms with Crippen molar-refractivity contribution < 1.29 is 18.7 Å². The van der Waals surface area contributed by atoms with E-state index in [0.717, 1.165) is 16.9 Å². The van der Waals surface area contributed by atoms with Crippen molar-refractivity contribution in [3.8, 4) is 11.5 Å². The van der Waals surface area contributed by atoms with Crippen molar-refractivity contribution in [1.82, 2.24) is 20.0 Å². The number of carbonyl (C=O) groups is 1. The third-order valence-corrected chi connectivity index (χ3v) is 6.49. The first-order chi connectivity index (χ1) is 19.2. The van der Waals surface area contributed by atoms with Crippen molar-refractivity contribution >= 4 is 29.1 Å². The van der Waals surface area contributed by atoms with Gasteiger partial charge >= 0.3 is 6.01 Å². The lowest BCUT2D eigenvalue weighted by molar-refractivity contribution is -0.116. The fourth-order valence-electron chi connectivity index (χ4n) is 4.56. The second-order valence-electron chi connectivity index (χ2n) is 9.06. The Morgan fingerprint density at radius 3 is 2.67 bits per heavy atom. The molecule has 1 amide bonds. The highest BCUT2D eigenvalue weighted by Gasteiger charge is 2.28. The largest absolute Gasteiger partial charge is 0.403 e. The van der Waals surface area contributed by atoms with E-state index >= 15 is 0 Å². The van der Waals surface area contributed by atoms with Gasteiger partial charge in [-0.05, 0) is 6.07 Å². The van der Waals surface area contributed by atoms with Crippen molar-refractivity contribution in [1.29, 1.82) is 0 Å². The summed E-state index contributed by atoms with van der Waals surface area (Å²) in [5.74, 6) is 0.679. The fraction of sp³-hybridized carbons (Fsp3) is 0.296. The molecule has 0 saturated carbocycles. The van der Waals surface area contributed by atoms with Gasteiger partial charge in [-0.2, -0.15) is 5.10 Å². The highest BCUT2D eigenvalue weighted by Crippen LogP contribution is 2.31. The molecule has 39 heavy (non-hydrogen) atoms. The molecule has 4 aromatic rings. The van der Waals surface area contributed by atoms with Crippen LogP contribution in [-0.2, 0) is 20.8 Å². The van der Waals surface area contributed by atoms with Crippen LogP contribution in [0.15, 0.2) is 70.2 Å². The number of aromatic nitrogens is 4. The van der Waals surface area contributed by atoms with Gasteiger partial charge in [0.15, 0.2) is 5.82 Å². The molecule has 2 aliphatic heterocycles. The molecule has 4 heterocycles. The first kappa shape index (κ1) is 24.8. The van der Waals surface area contributed by atoms with E-state index < -0.39 is 6.17 Å². The Morgan fingerprint density at radius 1 is 1.05 bits per heavy atom. The van der Waals surface area contributed by atoms with Crippen LogP contribution in [0, 0.1) is 0 Å². The topological polar surface area (TPSA) is 132 Å². The number of ether oxygens (including phenoxy) is 2. The number of carbonyl (C=O) groups excluding carboxylic acids is 1. The average Bonchev–Trinajstić information content (AvgIpc) is 3.59. The van der Waals surface area contributed by atoms with Crippen LogP contribution in [0.5, 0.6) is 0 Å². The van der Waals surface area contributed by atoms with Gasteiger partial charge in [-0.25, -0.2) is 4.99 Å². The van der Waals surface area contributed by atoms with Crippen LogP contribution < -0.4 is 15.5 Å². The molecule has 0 aliphatic carbocycles. The molecule has 12 nitrogen and oxygen atoms in total. The normalized spacial score (nSPS) is 17.3. The molecule has 1 atom stereocenters. The molecule has 0 radical (unpaired) electrons. The Morgan fingerprint density at radius 2 is 1.85 bits per heavy atom. The number of fused-ring (bicyclic) bond motifs is 1. The molecule has 12 heteroatoms. The van der Waals surface area contributed by atoms with E-state index in [4.69, 9.17) is 24.0 Å². The van der Waals surface area contributed by atoms with Gasteiger partial charge in [0.25, 0.3) is 11.8 Å². The maximum Gasteiger partial charge on any atom is 0.317 e. The predicted octanol–water partition coefficient (Wildman–Crippen LogP) is 2.64. The minimum Gasteiger partial charge on any atom is -0.403 e. The van der Waals surface area contributed by atoms with E-state index in [-0.39, 0.29) is 17.8 Å². The SMILES string of the molecule is COCCn1cc(-c2nnc(NC3N=C(c4ccccc4)c4ccccc4NC3=O)o2)c(N2CCOCC2)n1. The number of rotatable bonds is 8. The summed E-state index contributed by atoms with van der Waals surface area (Å²) in [6.07, 6.45) is 0.867. The molecule has 2 aromatic heterocycles. The fourth-order valence-corrected chi connectivity index (χ4v) is 4.56. The van der Waals surface area contributed by atoms with Crippen LogP contribution in [0.1, 0.15) is 11.1 Å². The Kier molecular flexibility index (Phi) is 7.02. The number of anilines is 3. The summed E-state index contributed by atoms with van der Waals surface area (Å²) in [5.41, 5.74) is 3.76. The summed E-state index contributed by atoms with van der Waals surface area (Å²) in [4.78, 5) is 20.1. The van der Waals surface area contributed by atoms with E-state index in [1.165, 1.54) is 0 Å². The number of para-hydroxylation sites is 1. The van der Waals surface area contributed by atoms with Gasteiger partial charge in [-0.3, -0.25) is 9.48 Å². The number of amides is 1. The van der Waals surface area contributed by atoms with Crippen LogP contribution in [0.4, 0.5) is 17.5 Å². The summed E-state index contributed by atoms with van der Waals surface area (Å²) >= 11 is 0. The van der Waals surface area contributed by atoms with E-state index in [9.17, 15) is 4.79 Å². The van der Waals surface area contributed by atoms with E-state index in [1.807, 2.05) is 60.8 Å². The van der Waals surface area contributed by atoms with Crippen molar-refractivity contribution in [2.75, 3.05) is 55.6 Å². The smallest absolute Gasteiger partial charge is 0.317 e. The molecular formula is C27H28N8O4. The molecule has 2 aromatic carbocycles. The second-order valence-corrected chi connectivity index (χ2v) is 9.06. The van der Waals surface area contributed by atoms with Crippen LogP contribution in [0.25, 0.3) is 11.5 Å². The van der Waals surface area contributed by atoms with Gasteiger partial charge in [0, 0.05) is 37.5 Å². The van der Waals surface area contributed by atoms with Gasteiger partial charge in [0.1, 0.15) is 5.56 Å². The van der Waals surface area contributed by atoms with Crippen LogP contribution in [0.2, 0.25) is 0 Å². The lowest BCUT2D eigenvalue weighted by Crippen LogP contribution is -2.36. The van der Waals surface area contributed by atoms with E-state index in [0.29, 0.717) is 56.4 Å². The first-order valence-corrected chi connectivity index (χ1v) is 12.7. The minimum atomic E-state index is -0.996. The number of morpholine rings is 1. The molecule has 0 spiro atoms. The van der Waals surface area contributed by atoms with Crippen molar-refractivity contribution in [2.24, 2.45) is 4.99 Å². The Balaban J connectivity index is 1.31. The summed E-state index contributed by atoms with van der Waals surface area (Å²) < 4.78 is 18.5. The summed E-state index contributed by atoms with van der Waals surface area (Å²) in [6.45, 7) is 3.72. The zero-order valence-corrected chi connectivity index (χ0v) is 21.4. The number of hydrogen-bond donors (Lipinski definition) is 2. The molecular weight excluding hydrogens is 500 g/mol. The monoisotopic (exact) mass is 528 g/mol. The highest BCUT2D eigenvalue weighted by molar-refractivity contribution is 6.19. The number of aliphatic imine (C=N–C) groups is 1. The average molecular weight is 529 g/mol. The molecule has 2 N–H and O–H groups in total. The molecule has 0 bridgehead atoms. The quantitative estimate of drug-likeness (QED) is 0.354. The summed E-state index contributed by atoms with van der Waals surface area (Å²) in [6, 6.07) is 17.4. The Bertz CT molecular complexity index is 1480. The van der Waals surface area contributed by atoms with Crippen LogP contribution >= 0.6 is 0 Å². The van der Waals surface area contributed by atoms with Gasteiger partial charge < -0.3 is 29.4 Å². The maximum atomic E-state index is 13.2. The van der Waals surface area contributed by atoms with Crippen molar-refractivity contribution in [3.63, 3.8) is 0 Å². The predicted molar refractivity (Wildman–Crippen MR) is 145 cm³/mol. The number of methoxy groups -OCH3 is 1. The number of benzodiazepines with no additional fused rings is 1. The molecule has 2 aliphatic rings. The number of nitrogens with zero attached hydrogens (tertiary/aromatic N) is 6. The highest BCUT2D eigenvalue weighted by atomic mass is 16.5. The van der Waals surface area contributed by atoms with Gasteiger partial charge in [-0.1, -0.05) is 53.6 Å². The van der Waals surface area contributed by atoms with Crippen LogP contribution in [-0.4, -0.2) is 77.8 Å². The Labute approximate surface area is 224 Å². The third-order valence-electron chi connectivity index (χ3n) is 6.49.